The average Bonchev–Trinajstić information content (AvgIpc) is 2.77. The molecule has 2 aromatic rings. The van der Waals surface area contributed by atoms with Gasteiger partial charge >= 0.3 is 5.69 Å². The van der Waals surface area contributed by atoms with Gasteiger partial charge in [-0.1, -0.05) is 6.92 Å². The lowest BCUT2D eigenvalue weighted by molar-refractivity contribution is 0.177. The van der Waals surface area contributed by atoms with Gasteiger partial charge in [-0.15, -0.1) is 5.10 Å². The minimum Gasteiger partial charge on any atom is -0.377 e. The van der Waals surface area contributed by atoms with Gasteiger partial charge in [0.2, 0.25) is 0 Å². The standard InChI is InChI=1S/C12H18N6O2S/c1-4-5-13-8-6-10(15-9(14-8)7-20-3)21-12-17-16-11(19)18(12)2/h6H,4-5,7H2,1-3H3,(H,16,19)(H,13,14,15). The second-order valence-electron chi connectivity index (χ2n) is 4.34. The number of nitrogens with zero attached hydrogens (tertiary/aromatic N) is 4. The maximum absolute atomic E-state index is 11.4. The minimum absolute atomic E-state index is 0.256. The van der Waals surface area contributed by atoms with E-state index >= 15 is 0 Å². The third kappa shape index (κ3) is 4.05. The number of H-pyrrole nitrogens is 1. The summed E-state index contributed by atoms with van der Waals surface area (Å²) in [5.41, 5.74) is -0.256. The van der Waals surface area contributed by atoms with Gasteiger partial charge in [0, 0.05) is 26.8 Å². The fraction of sp³-hybridized carbons (Fsp3) is 0.500. The SMILES string of the molecule is CCCNc1cc(Sc2n[nH]c(=O)n2C)nc(COC)n1. The van der Waals surface area contributed by atoms with Crippen LogP contribution in [-0.2, 0) is 18.4 Å². The van der Waals surface area contributed by atoms with Crippen molar-refractivity contribution >= 4 is 17.6 Å². The van der Waals surface area contributed by atoms with E-state index in [0.29, 0.717) is 22.6 Å². The first-order chi connectivity index (χ1) is 10.1. The number of aromatic amines is 1. The molecule has 114 valence electrons. The molecule has 0 amide bonds. The van der Waals surface area contributed by atoms with Crippen LogP contribution < -0.4 is 11.0 Å². The highest BCUT2D eigenvalue weighted by Crippen LogP contribution is 2.24. The first kappa shape index (κ1) is 15.5. The molecular weight excluding hydrogens is 292 g/mol. The summed E-state index contributed by atoms with van der Waals surface area (Å²) < 4.78 is 6.51. The molecule has 0 atom stereocenters. The molecule has 0 saturated carbocycles. The van der Waals surface area contributed by atoms with Crippen LogP contribution in [0.4, 0.5) is 5.82 Å². The summed E-state index contributed by atoms with van der Waals surface area (Å²) in [6, 6.07) is 1.83. The molecule has 0 radical (unpaired) electrons. The van der Waals surface area contributed by atoms with Crippen LogP contribution >= 0.6 is 11.8 Å². The molecule has 0 spiro atoms. The Balaban J connectivity index is 2.26. The molecule has 21 heavy (non-hydrogen) atoms. The molecule has 2 heterocycles. The van der Waals surface area contributed by atoms with Crippen LogP contribution in [0.2, 0.25) is 0 Å². The van der Waals surface area contributed by atoms with Gasteiger partial charge in [-0.05, 0) is 18.2 Å². The van der Waals surface area contributed by atoms with Gasteiger partial charge in [-0.3, -0.25) is 4.57 Å². The number of nitrogens with one attached hydrogen (secondary N) is 2. The fourth-order valence-electron chi connectivity index (χ4n) is 1.58. The summed E-state index contributed by atoms with van der Waals surface area (Å²) in [7, 11) is 3.25. The van der Waals surface area contributed by atoms with Gasteiger partial charge in [0.15, 0.2) is 11.0 Å². The summed E-state index contributed by atoms with van der Waals surface area (Å²) in [5, 5.41) is 10.8. The first-order valence-electron chi connectivity index (χ1n) is 6.54. The third-order valence-corrected chi connectivity index (χ3v) is 3.58. The highest BCUT2D eigenvalue weighted by Gasteiger charge is 2.10. The van der Waals surface area contributed by atoms with Crippen LogP contribution in [0.3, 0.4) is 0 Å². The van der Waals surface area contributed by atoms with Crippen molar-refractivity contribution in [3.8, 4) is 0 Å². The predicted octanol–water partition coefficient (Wildman–Crippen LogP) is 1.02. The van der Waals surface area contributed by atoms with E-state index < -0.39 is 0 Å². The van der Waals surface area contributed by atoms with Crippen molar-refractivity contribution in [3.05, 3.63) is 22.4 Å². The van der Waals surface area contributed by atoms with E-state index in [4.69, 9.17) is 4.74 Å². The van der Waals surface area contributed by atoms with Crippen LogP contribution in [0.5, 0.6) is 0 Å². The van der Waals surface area contributed by atoms with E-state index in [1.807, 2.05) is 6.07 Å². The molecule has 0 aromatic carbocycles. The molecule has 8 nitrogen and oxygen atoms in total. The van der Waals surface area contributed by atoms with Gasteiger partial charge in [0.1, 0.15) is 17.5 Å². The van der Waals surface area contributed by atoms with Crippen molar-refractivity contribution in [3.63, 3.8) is 0 Å². The molecule has 0 aliphatic rings. The smallest absolute Gasteiger partial charge is 0.343 e. The fourth-order valence-corrected chi connectivity index (χ4v) is 2.40. The third-order valence-electron chi connectivity index (χ3n) is 2.61. The molecular formula is C12H18N6O2S. The molecule has 0 aliphatic heterocycles. The van der Waals surface area contributed by atoms with E-state index in [-0.39, 0.29) is 5.69 Å². The van der Waals surface area contributed by atoms with Crippen LogP contribution in [0.1, 0.15) is 19.2 Å². The van der Waals surface area contributed by atoms with Gasteiger partial charge in [0.05, 0.1) is 0 Å². The molecule has 2 N–H and O–H groups in total. The lowest BCUT2D eigenvalue weighted by atomic mass is 10.4. The summed E-state index contributed by atoms with van der Waals surface area (Å²) in [6.45, 7) is 3.24. The number of rotatable bonds is 7. The Labute approximate surface area is 126 Å². The number of ether oxygens (including phenoxy) is 1. The van der Waals surface area contributed by atoms with Crippen molar-refractivity contribution in [1.82, 2.24) is 24.7 Å². The van der Waals surface area contributed by atoms with Gasteiger partial charge in [-0.2, -0.15) is 0 Å². The summed E-state index contributed by atoms with van der Waals surface area (Å²) in [5.74, 6) is 1.32. The maximum Gasteiger partial charge on any atom is 0.343 e. The first-order valence-corrected chi connectivity index (χ1v) is 7.35. The molecule has 0 bridgehead atoms. The van der Waals surface area contributed by atoms with Gasteiger partial charge in [-0.25, -0.2) is 19.9 Å². The normalized spacial score (nSPS) is 10.8. The van der Waals surface area contributed by atoms with Gasteiger partial charge in [0.25, 0.3) is 0 Å². The molecule has 2 rings (SSSR count). The van der Waals surface area contributed by atoms with Crippen molar-refractivity contribution in [2.24, 2.45) is 7.05 Å². The van der Waals surface area contributed by atoms with Crippen molar-refractivity contribution in [2.75, 3.05) is 19.0 Å². The molecule has 0 aliphatic carbocycles. The van der Waals surface area contributed by atoms with Crippen molar-refractivity contribution < 1.29 is 4.74 Å². The van der Waals surface area contributed by atoms with Crippen molar-refractivity contribution in [1.29, 1.82) is 0 Å². The Hall–Kier alpha value is -1.87. The summed E-state index contributed by atoms with van der Waals surface area (Å²) in [6.07, 6.45) is 1.000. The number of anilines is 1. The number of aromatic nitrogens is 5. The van der Waals surface area contributed by atoms with E-state index in [1.165, 1.54) is 16.3 Å². The van der Waals surface area contributed by atoms with Gasteiger partial charge < -0.3 is 10.1 Å². The quantitative estimate of drug-likeness (QED) is 0.737. The average molecular weight is 310 g/mol. The Morgan fingerprint density at radius 3 is 2.90 bits per heavy atom. The van der Waals surface area contributed by atoms with Crippen LogP contribution in [-0.4, -0.2) is 38.4 Å². The Kier molecular flexibility index (Phi) is 5.34. The minimum atomic E-state index is -0.256. The number of hydrogen-bond acceptors (Lipinski definition) is 7. The molecule has 2 aromatic heterocycles. The van der Waals surface area contributed by atoms with E-state index in [9.17, 15) is 4.79 Å². The summed E-state index contributed by atoms with van der Waals surface area (Å²) in [4.78, 5) is 20.1. The predicted molar refractivity (Wildman–Crippen MR) is 79.5 cm³/mol. The van der Waals surface area contributed by atoms with Crippen LogP contribution in [0.25, 0.3) is 0 Å². The molecule has 0 fully saturated rings. The van der Waals surface area contributed by atoms with Crippen LogP contribution in [0, 0.1) is 0 Å². The summed E-state index contributed by atoms with van der Waals surface area (Å²) >= 11 is 1.30. The van der Waals surface area contributed by atoms with Crippen molar-refractivity contribution in [2.45, 2.75) is 30.1 Å². The molecule has 0 saturated heterocycles. The molecule has 9 heteroatoms. The largest absolute Gasteiger partial charge is 0.377 e. The monoisotopic (exact) mass is 310 g/mol. The second kappa shape index (κ2) is 7.23. The second-order valence-corrected chi connectivity index (χ2v) is 5.33. The zero-order chi connectivity index (χ0) is 15.2. The topological polar surface area (TPSA) is 97.7 Å². The van der Waals surface area contributed by atoms with E-state index in [0.717, 1.165) is 18.8 Å². The van der Waals surface area contributed by atoms with E-state index in [1.54, 1.807) is 14.2 Å². The lowest BCUT2D eigenvalue weighted by Gasteiger charge is -2.08. The highest BCUT2D eigenvalue weighted by atomic mass is 32.2. The highest BCUT2D eigenvalue weighted by molar-refractivity contribution is 7.99. The number of hydrogen-bond donors (Lipinski definition) is 2. The Morgan fingerprint density at radius 2 is 2.29 bits per heavy atom. The Morgan fingerprint density at radius 1 is 1.48 bits per heavy atom. The van der Waals surface area contributed by atoms with Crippen LogP contribution in [0.15, 0.2) is 21.0 Å². The van der Waals surface area contributed by atoms with E-state index in [2.05, 4.69) is 32.4 Å². The Bertz CT molecular complexity index is 653. The zero-order valence-corrected chi connectivity index (χ0v) is 13.0. The lowest BCUT2D eigenvalue weighted by Crippen LogP contribution is -2.13. The maximum atomic E-state index is 11.4. The number of methoxy groups -OCH3 is 1. The zero-order valence-electron chi connectivity index (χ0n) is 12.2. The molecule has 0 unspecified atom stereocenters.